The van der Waals surface area contributed by atoms with E-state index in [0.717, 1.165) is 29.3 Å². The average Bonchev–Trinajstić information content (AvgIpc) is 2.78. The fourth-order valence-electron chi connectivity index (χ4n) is 3.20. The van der Waals surface area contributed by atoms with Crippen LogP contribution in [0.25, 0.3) is 0 Å². The van der Waals surface area contributed by atoms with Gasteiger partial charge in [0.05, 0.1) is 5.56 Å². The normalized spacial score (nSPS) is 12.0. The summed E-state index contributed by atoms with van der Waals surface area (Å²) >= 11 is 0. The van der Waals surface area contributed by atoms with Crippen LogP contribution in [0.5, 0.6) is 5.75 Å². The average molecular weight is 492 g/mol. The highest BCUT2D eigenvalue weighted by Gasteiger charge is 2.32. The summed E-state index contributed by atoms with van der Waals surface area (Å²) in [5.74, 6) is -0.190. The SMILES string of the molecule is Cc1ccc(C(=O)N(Cc2ccc(OS(=O)(=O)c3cccc(C(F)(F)F)c3)cc2)C(C)C)cc1. The van der Waals surface area contributed by atoms with E-state index in [-0.39, 0.29) is 24.2 Å². The van der Waals surface area contributed by atoms with Crippen molar-refractivity contribution in [3.8, 4) is 5.75 Å². The highest BCUT2D eigenvalue weighted by Crippen LogP contribution is 2.31. The zero-order valence-corrected chi connectivity index (χ0v) is 19.7. The van der Waals surface area contributed by atoms with Crippen molar-refractivity contribution in [1.82, 2.24) is 4.90 Å². The van der Waals surface area contributed by atoms with Gasteiger partial charge in [0.2, 0.25) is 0 Å². The van der Waals surface area contributed by atoms with E-state index in [1.54, 1.807) is 29.2 Å². The fourth-order valence-corrected chi connectivity index (χ4v) is 4.18. The molecule has 0 aliphatic heterocycles. The number of nitrogens with zero attached hydrogens (tertiary/aromatic N) is 1. The van der Waals surface area contributed by atoms with Crippen LogP contribution in [0.2, 0.25) is 0 Å². The number of aryl methyl sites for hydroxylation is 1. The van der Waals surface area contributed by atoms with Gasteiger partial charge in [-0.15, -0.1) is 0 Å². The van der Waals surface area contributed by atoms with Gasteiger partial charge in [-0.05, 0) is 68.8 Å². The van der Waals surface area contributed by atoms with Crippen LogP contribution >= 0.6 is 0 Å². The van der Waals surface area contributed by atoms with E-state index in [1.807, 2.05) is 32.9 Å². The maximum absolute atomic E-state index is 13.0. The standard InChI is InChI=1S/C25H24F3NO4S/c1-17(2)29(24(30)20-11-7-18(3)8-12-20)16-19-9-13-22(14-10-19)33-34(31,32)23-6-4-5-21(15-23)25(26,27)28/h4-15,17H,16H2,1-3H3. The Balaban J connectivity index is 1.75. The molecular formula is C25H24F3NO4S. The highest BCUT2D eigenvalue weighted by atomic mass is 32.2. The van der Waals surface area contributed by atoms with Crippen molar-refractivity contribution in [2.45, 2.75) is 44.4 Å². The first-order valence-corrected chi connectivity index (χ1v) is 11.9. The molecule has 9 heteroatoms. The van der Waals surface area contributed by atoms with Gasteiger partial charge in [0.1, 0.15) is 10.6 Å². The lowest BCUT2D eigenvalue weighted by molar-refractivity contribution is -0.137. The Morgan fingerprint density at radius 2 is 1.59 bits per heavy atom. The molecule has 3 aromatic rings. The van der Waals surface area contributed by atoms with E-state index < -0.39 is 26.8 Å². The van der Waals surface area contributed by atoms with E-state index in [2.05, 4.69) is 0 Å². The molecule has 0 fully saturated rings. The van der Waals surface area contributed by atoms with Crippen LogP contribution in [0.3, 0.4) is 0 Å². The highest BCUT2D eigenvalue weighted by molar-refractivity contribution is 7.87. The summed E-state index contributed by atoms with van der Waals surface area (Å²) in [4.78, 5) is 14.0. The van der Waals surface area contributed by atoms with Crippen LogP contribution in [-0.4, -0.2) is 25.3 Å². The largest absolute Gasteiger partial charge is 0.416 e. The Morgan fingerprint density at radius 1 is 0.971 bits per heavy atom. The predicted molar refractivity (Wildman–Crippen MR) is 122 cm³/mol. The summed E-state index contributed by atoms with van der Waals surface area (Å²) in [6, 6.07) is 16.5. The third-order valence-electron chi connectivity index (χ3n) is 5.11. The third kappa shape index (κ3) is 6.17. The zero-order valence-electron chi connectivity index (χ0n) is 18.8. The number of benzene rings is 3. The Hall–Kier alpha value is -3.33. The van der Waals surface area contributed by atoms with Gasteiger partial charge in [0.15, 0.2) is 0 Å². The maximum Gasteiger partial charge on any atom is 0.416 e. The van der Waals surface area contributed by atoms with Crippen LogP contribution in [-0.2, 0) is 22.8 Å². The Morgan fingerprint density at radius 3 is 2.15 bits per heavy atom. The van der Waals surface area contributed by atoms with Gasteiger partial charge in [0, 0.05) is 18.2 Å². The molecule has 0 saturated carbocycles. The molecule has 0 aromatic heterocycles. The number of alkyl halides is 3. The van der Waals surface area contributed by atoms with Gasteiger partial charge in [-0.25, -0.2) is 0 Å². The molecule has 0 saturated heterocycles. The quantitative estimate of drug-likeness (QED) is 0.390. The van der Waals surface area contributed by atoms with Crippen LogP contribution in [0, 0.1) is 6.92 Å². The summed E-state index contributed by atoms with van der Waals surface area (Å²) < 4.78 is 68.7. The number of hydrogen-bond acceptors (Lipinski definition) is 4. The number of carbonyl (C=O) groups is 1. The van der Waals surface area contributed by atoms with Crippen molar-refractivity contribution >= 4 is 16.0 Å². The summed E-state index contributed by atoms with van der Waals surface area (Å²) in [6.45, 7) is 6.01. The molecule has 0 aliphatic carbocycles. The summed E-state index contributed by atoms with van der Waals surface area (Å²) in [5, 5.41) is 0. The lowest BCUT2D eigenvalue weighted by Crippen LogP contribution is -2.36. The second-order valence-electron chi connectivity index (χ2n) is 8.10. The van der Waals surface area contributed by atoms with Crippen LogP contribution in [0.4, 0.5) is 13.2 Å². The Bertz CT molecular complexity index is 1250. The molecule has 0 atom stereocenters. The molecule has 0 radical (unpaired) electrons. The first-order chi connectivity index (χ1) is 15.9. The fraction of sp³-hybridized carbons (Fsp3) is 0.240. The molecule has 3 rings (SSSR count). The van der Waals surface area contributed by atoms with Gasteiger partial charge in [-0.3, -0.25) is 4.79 Å². The molecule has 0 unspecified atom stereocenters. The number of amides is 1. The summed E-state index contributed by atoms with van der Waals surface area (Å²) in [6.07, 6.45) is -4.68. The topological polar surface area (TPSA) is 63.7 Å². The number of hydrogen-bond donors (Lipinski definition) is 0. The smallest absolute Gasteiger partial charge is 0.379 e. The second kappa shape index (κ2) is 9.89. The van der Waals surface area contributed by atoms with Crippen molar-refractivity contribution in [3.63, 3.8) is 0 Å². The van der Waals surface area contributed by atoms with Gasteiger partial charge in [-0.1, -0.05) is 35.9 Å². The molecule has 1 amide bonds. The molecule has 0 bridgehead atoms. The van der Waals surface area contributed by atoms with E-state index in [1.165, 1.54) is 12.1 Å². The molecular weight excluding hydrogens is 467 g/mol. The van der Waals surface area contributed by atoms with Crippen molar-refractivity contribution in [1.29, 1.82) is 0 Å². The summed E-state index contributed by atoms with van der Waals surface area (Å²) in [7, 11) is -4.46. The molecule has 0 N–H and O–H groups in total. The minimum Gasteiger partial charge on any atom is -0.379 e. The summed E-state index contributed by atoms with van der Waals surface area (Å²) in [5.41, 5.74) is 1.26. The van der Waals surface area contributed by atoms with E-state index >= 15 is 0 Å². The van der Waals surface area contributed by atoms with Crippen molar-refractivity contribution < 1.29 is 30.6 Å². The number of halogens is 3. The number of rotatable bonds is 7. The number of carbonyl (C=O) groups excluding carboxylic acids is 1. The van der Waals surface area contributed by atoms with Crippen LogP contribution in [0.1, 0.15) is 40.9 Å². The first-order valence-electron chi connectivity index (χ1n) is 10.4. The van der Waals surface area contributed by atoms with Crippen molar-refractivity contribution in [3.05, 3.63) is 95.1 Å². The maximum atomic E-state index is 13.0. The minimum atomic E-state index is -4.68. The van der Waals surface area contributed by atoms with E-state index in [0.29, 0.717) is 11.6 Å². The van der Waals surface area contributed by atoms with Crippen molar-refractivity contribution in [2.75, 3.05) is 0 Å². The molecule has 5 nitrogen and oxygen atoms in total. The van der Waals surface area contributed by atoms with Crippen molar-refractivity contribution in [2.24, 2.45) is 0 Å². The minimum absolute atomic E-state index is 0.0536. The first kappa shape index (κ1) is 25.3. The second-order valence-corrected chi connectivity index (χ2v) is 9.65. The van der Waals surface area contributed by atoms with Gasteiger partial charge in [0.25, 0.3) is 5.91 Å². The van der Waals surface area contributed by atoms with Gasteiger partial charge >= 0.3 is 16.3 Å². The Kier molecular flexibility index (Phi) is 7.35. The molecule has 3 aromatic carbocycles. The van der Waals surface area contributed by atoms with E-state index in [4.69, 9.17) is 4.18 Å². The van der Waals surface area contributed by atoms with Crippen LogP contribution in [0.15, 0.2) is 77.7 Å². The lowest BCUT2D eigenvalue weighted by Gasteiger charge is -2.27. The van der Waals surface area contributed by atoms with Crippen LogP contribution < -0.4 is 4.18 Å². The lowest BCUT2D eigenvalue weighted by atomic mass is 10.1. The molecule has 0 aliphatic rings. The van der Waals surface area contributed by atoms with Gasteiger partial charge < -0.3 is 9.08 Å². The molecule has 180 valence electrons. The predicted octanol–water partition coefficient (Wildman–Crippen LogP) is 5.83. The third-order valence-corrected chi connectivity index (χ3v) is 6.36. The van der Waals surface area contributed by atoms with Gasteiger partial charge in [-0.2, -0.15) is 21.6 Å². The molecule has 34 heavy (non-hydrogen) atoms. The van der Waals surface area contributed by atoms with E-state index in [9.17, 15) is 26.4 Å². The molecule has 0 heterocycles. The zero-order chi connectivity index (χ0) is 25.1. The monoisotopic (exact) mass is 491 g/mol. The molecule has 0 spiro atoms. The Labute approximate surface area is 196 Å².